The molecule has 4 heterocycles. The van der Waals surface area contributed by atoms with Crippen LogP contribution in [0.1, 0.15) is 54.7 Å². The largest absolute Gasteiger partial charge is 0.490 e. The van der Waals surface area contributed by atoms with Crippen molar-refractivity contribution in [2.24, 2.45) is 0 Å². The molecule has 0 spiro atoms. The predicted octanol–water partition coefficient (Wildman–Crippen LogP) is 3.32. The number of pyridine rings is 1. The van der Waals surface area contributed by atoms with Crippen molar-refractivity contribution in [3.8, 4) is 5.75 Å². The maximum absolute atomic E-state index is 14.5. The number of anilines is 1. The molecule has 1 atom stereocenters. The summed E-state index contributed by atoms with van der Waals surface area (Å²) in [6.07, 6.45) is 6.38. The van der Waals surface area contributed by atoms with E-state index in [1.807, 2.05) is 13.0 Å². The van der Waals surface area contributed by atoms with E-state index in [9.17, 15) is 17.6 Å². The number of nitrogens with one attached hydrogen (secondary N) is 1. The van der Waals surface area contributed by atoms with Crippen LogP contribution >= 0.6 is 0 Å². The molecule has 13 heteroatoms. The Kier molecular flexibility index (Phi) is 9.07. The number of aromatic nitrogens is 2. The molecule has 222 valence electrons. The van der Waals surface area contributed by atoms with Gasteiger partial charge in [0.15, 0.2) is 0 Å². The molecule has 0 aliphatic carbocycles. The monoisotopic (exact) mass is 589 g/mol. The van der Waals surface area contributed by atoms with E-state index in [2.05, 4.69) is 14.6 Å². The fraction of sp³-hybridized carbons (Fsp3) is 0.500. The number of hydrogen-bond donors (Lipinski definition) is 1. The lowest BCUT2D eigenvalue weighted by atomic mass is 10.0. The zero-order valence-corrected chi connectivity index (χ0v) is 24.1. The highest BCUT2D eigenvalue weighted by molar-refractivity contribution is 7.87. The fourth-order valence-corrected chi connectivity index (χ4v) is 6.08. The first-order valence-corrected chi connectivity index (χ1v) is 15.3. The first-order chi connectivity index (χ1) is 19.8. The number of rotatable bonds is 11. The highest BCUT2D eigenvalue weighted by atomic mass is 32.2. The molecule has 11 nitrogen and oxygen atoms in total. The van der Waals surface area contributed by atoms with Crippen molar-refractivity contribution in [1.82, 2.24) is 18.4 Å². The van der Waals surface area contributed by atoms with Crippen LogP contribution in [-0.2, 0) is 19.7 Å². The highest BCUT2D eigenvalue weighted by Gasteiger charge is 2.31. The maximum atomic E-state index is 14.5. The Balaban J connectivity index is 1.39. The van der Waals surface area contributed by atoms with Gasteiger partial charge in [-0.25, -0.2) is 14.1 Å². The summed E-state index contributed by atoms with van der Waals surface area (Å²) in [6.45, 7) is 4.60. The second-order valence-electron chi connectivity index (χ2n) is 10.2. The van der Waals surface area contributed by atoms with Gasteiger partial charge in [-0.15, -0.1) is 0 Å². The number of nitrogens with zero attached hydrogens (tertiary/aromatic N) is 4. The van der Waals surface area contributed by atoms with E-state index in [0.29, 0.717) is 31.2 Å². The van der Waals surface area contributed by atoms with Crippen molar-refractivity contribution in [1.29, 1.82) is 0 Å². The Morgan fingerprint density at radius 2 is 2.02 bits per heavy atom. The third-order valence-electron chi connectivity index (χ3n) is 7.49. The summed E-state index contributed by atoms with van der Waals surface area (Å²) in [5.74, 6) is -0.464. The number of hydrogen-bond acceptors (Lipinski definition) is 8. The Bertz CT molecular complexity index is 1480. The third kappa shape index (κ3) is 6.64. The summed E-state index contributed by atoms with van der Waals surface area (Å²) in [4.78, 5) is 19.5. The van der Waals surface area contributed by atoms with Gasteiger partial charge in [-0.2, -0.15) is 12.7 Å². The molecule has 0 saturated carbocycles. The molecule has 1 unspecified atom stereocenters. The van der Waals surface area contributed by atoms with E-state index in [1.165, 1.54) is 19.3 Å². The van der Waals surface area contributed by atoms with Gasteiger partial charge in [0.2, 0.25) is 0 Å². The Morgan fingerprint density at radius 3 is 2.80 bits per heavy atom. The molecule has 2 saturated heterocycles. The number of fused-ring (bicyclic) bond motifs is 1. The number of imidazole rings is 1. The molecule has 0 bridgehead atoms. The van der Waals surface area contributed by atoms with Crippen LogP contribution in [-0.4, -0.2) is 80.7 Å². The number of likely N-dealkylation sites (N-methyl/N-ethyl adjacent to an activating group) is 1. The van der Waals surface area contributed by atoms with Crippen molar-refractivity contribution < 1.29 is 31.8 Å². The summed E-state index contributed by atoms with van der Waals surface area (Å²) < 4.78 is 61.6. The second kappa shape index (κ2) is 12.7. The van der Waals surface area contributed by atoms with Crippen LogP contribution in [0.15, 0.2) is 42.7 Å². The van der Waals surface area contributed by atoms with E-state index in [1.54, 1.807) is 28.8 Å². The van der Waals surface area contributed by atoms with Gasteiger partial charge in [-0.3, -0.25) is 9.20 Å². The normalized spacial score (nSPS) is 18.3. The lowest BCUT2D eigenvalue weighted by Crippen LogP contribution is -2.43. The number of halogens is 1. The molecule has 41 heavy (non-hydrogen) atoms. The van der Waals surface area contributed by atoms with Crippen molar-refractivity contribution >= 4 is 27.5 Å². The number of ether oxygens (including phenoxy) is 3. The zero-order valence-electron chi connectivity index (χ0n) is 23.3. The molecule has 3 aromatic rings. The smallest absolute Gasteiger partial charge is 0.303 e. The number of amides is 1. The SMILES string of the molecule is CCOCCN(C)S(=O)(=O)NC(=O)c1cnc2ccc(N3CCCC3c3cc(F)ccc3OC3CCOCC3)cn12. The van der Waals surface area contributed by atoms with Crippen molar-refractivity contribution in [2.45, 2.75) is 44.8 Å². The first-order valence-electron chi connectivity index (χ1n) is 13.9. The van der Waals surface area contributed by atoms with E-state index in [4.69, 9.17) is 14.2 Å². The summed E-state index contributed by atoms with van der Waals surface area (Å²) in [7, 11) is -2.71. The molecule has 2 fully saturated rings. The standard InChI is InChI=1S/C28H36FN5O6S/c1-3-38-16-13-32(2)41(36,37)31-28(35)25-18-30-27-9-7-21(19-34(25)27)33-12-4-5-24(33)23-17-20(29)6-8-26(23)40-22-10-14-39-15-11-22/h6-9,17-19,22,24H,3-5,10-16H2,1-2H3,(H,31,35). The molecule has 2 aliphatic rings. The van der Waals surface area contributed by atoms with Crippen LogP contribution in [0.2, 0.25) is 0 Å². The van der Waals surface area contributed by atoms with Crippen molar-refractivity contribution in [3.63, 3.8) is 0 Å². The van der Waals surface area contributed by atoms with E-state index >= 15 is 0 Å². The number of benzene rings is 1. The minimum atomic E-state index is -4.08. The summed E-state index contributed by atoms with van der Waals surface area (Å²) in [6, 6.07) is 8.19. The van der Waals surface area contributed by atoms with Gasteiger partial charge >= 0.3 is 10.2 Å². The molecule has 0 radical (unpaired) electrons. The zero-order chi connectivity index (χ0) is 29.0. The molecule has 1 amide bonds. The second-order valence-corrected chi connectivity index (χ2v) is 12.0. The van der Waals surface area contributed by atoms with Gasteiger partial charge in [0.05, 0.1) is 37.7 Å². The van der Waals surface area contributed by atoms with E-state index < -0.39 is 16.1 Å². The van der Waals surface area contributed by atoms with E-state index in [-0.39, 0.29) is 36.8 Å². The van der Waals surface area contributed by atoms with Crippen LogP contribution < -0.4 is 14.4 Å². The summed E-state index contributed by atoms with van der Waals surface area (Å²) >= 11 is 0. The van der Waals surface area contributed by atoms with Gasteiger partial charge in [0.25, 0.3) is 5.91 Å². The summed E-state index contributed by atoms with van der Waals surface area (Å²) in [5.41, 5.74) is 2.14. The third-order valence-corrected chi connectivity index (χ3v) is 8.93. The van der Waals surface area contributed by atoms with Crippen molar-refractivity contribution in [2.75, 3.05) is 51.5 Å². The molecule has 2 aliphatic heterocycles. The van der Waals surface area contributed by atoms with Gasteiger partial charge in [-0.1, -0.05) is 0 Å². The lowest BCUT2D eigenvalue weighted by Gasteiger charge is -2.30. The van der Waals surface area contributed by atoms with Crippen molar-refractivity contribution in [3.05, 3.63) is 59.8 Å². The molecule has 5 rings (SSSR count). The van der Waals surface area contributed by atoms with E-state index in [0.717, 1.165) is 47.8 Å². The Labute approximate surface area is 239 Å². The van der Waals surface area contributed by atoms with Gasteiger partial charge in [0.1, 0.15) is 29.0 Å². The Hall–Kier alpha value is -3.26. The minimum absolute atomic E-state index is 0.0145. The van der Waals surface area contributed by atoms with Crippen LogP contribution in [0.4, 0.5) is 10.1 Å². The quantitative estimate of drug-likeness (QED) is 0.339. The Morgan fingerprint density at radius 1 is 1.22 bits per heavy atom. The topological polar surface area (TPSA) is 115 Å². The fourth-order valence-electron chi connectivity index (χ4n) is 5.27. The van der Waals surface area contributed by atoms with Gasteiger partial charge in [-0.05, 0) is 50.1 Å². The van der Waals surface area contributed by atoms with Crippen LogP contribution in [0.5, 0.6) is 5.75 Å². The average Bonchev–Trinajstić information content (AvgIpc) is 3.62. The lowest BCUT2D eigenvalue weighted by molar-refractivity contribution is 0.0250. The van der Waals surface area contributed by atoms with Crippen LogP contribution in [0.25, 0.3) is 5.65 Å². The molecule has 2 aromatic heterocycles. The molecule has 1 N–H and O–H groups in total. The summed E-state index contributed by atoms with van der Waals surface area (Å²) in [5, 5.41) is 0. The molecule has 1 aromatic carbocycles. The number of carbonyl (C=O) groups excluding carboxylic acids is 1. The van der Waals surface area contributed by atoms with Gasteiger partial charge in [0, 0.05) is 51.3 Å². The van der Waals surface area contributed by atoms with Crippen LogP contribution in [0, 0.1) is 5.82 Å². The molecular weight excluding hydrogens is 553 g/mol. The minimum Gasteiger partial charge on any atom is -0.490 e. The van der Waals surface area contributed by atoms with Crippen LogP contribution in [0.3, 0.4) is 0 Å². The molecular formula is C28H36FN5O6S. The first kappa shape index (κ1) is 29.2. The van der Waals surface area contributed by atoms with Gasteiger partial charge < -0.3 is 19.1 Å². The predicted molar refractivity (Wildman–Crippen MR) is 151 cm³/mol. The maximum Gasteiger partial charge on any atom is 0.303 e. The average molecular weight is 590 g/mol. The highest BCUT2D eigenvalue weighted by Crippen LogP contribution is 2.41. The number of carbonyl (C=O) groups is 1.